The molecule has 1 aromatic rings. The van der Waals surface area contributed by atoms with Crippen molar-refractivity contribution in [2.75, 3.05) is 6.54 Å². The molecule has 2 atom stereocenters. The summed E-state index contributed by atoms with van der Waals surface area (Å²) < 4.78 is 26.2. The molecule has 1 fully saturated rings. The van der Waals surface area contributed by atoms with Crippen molar-refractivity contribution in [3.8, 4) is 0 Å². The average Bonchev–Trinajstić information content (AvgIpc) is 2.74. The smallest absolute Gasteiger partial charge is 0.242 e. The van der Waals surface area contributed by atoms with Crippen molar-refractivity contribution in [2.45, 2.75) is 30.3 Å². The van der Waals surface area contributed by atoms with Gasteiger partial charge in [0.2, 0.25) is 10.0 Å². The Morgan fingerprint density at radius 3 is 2.88 bits per heavy atom. The van der Waals surface area contributed by atoms with Crippen molar-refractivity contribution in [2.24, 2.45) is 5.92 Å². The number of nitrogens with zero attached hydrogens (tertiary/aromatic N) is 1. The van der Waals surface area contributed by atoms with Gasteiger partial charge in [-0.1, -0.05) is 6.42 Å². The molecule has 2 rings (SSSR count). The maximum absolute atomic E-state index is 11.9. The highest BCUT2D eigenvalue weighted by atomic mass is 32.2. The van der Waals surface area contributed by atoms with Crippen LogP contribution in [0.1, 0.15) is 19.3 Å². The van der Waals surface area contributed by atoms with Gasteiger partial charge in [0.25, 0.3) is 0 Å². The minimum absolute atomic E-state index is 0.0291. The molecule has 1 heterocycles. The van der Waals surface area contributed by atoms with Crippen LogP contribution in [0.3, 0.4) is 0 Å². The molecule has 17 heavy (non-hydrogen) atoms. The summed E-state index contributed by atoms with van der Waals surface area (Å²) in [5.74, 6) is 0.0291. The molecule has 0 aliphatic heterocycles. The first-order valence-electron chi connectivity index (χ1n) is 5.67. The molecule has 6 heteroatoms. The predicted octanol–water partition coefficient (Wildman–Crippen LogP) is 0.521. The van der Waals surface area contributed by atoms with E-state index in [0.29, 0.717) is 6.54 Å². The van der Waals surface area contributed by atoms with Crippen molar-refractivity contribution >= 4 is 10.0 Å². The molecule has 0 radical (unpaired) electrons. The molecule has 0 amide bonds. The van der Waals surface area contributed by atoms with Crippen molar-refractivity contribution < 1.29 is 13.5 Å². The first-order valence-corrected chi connectivity index (χ1v) is 7.15. The molecule has 0 bridgehead atoms. The highest BCUT2D eigenvalue weighted by molar-refractivity contribution is 7.89. The van der Waals surface area contributed by atoms with E-state index in [0.717, 1.165) is 19.3 Å². The zero-order valence-corrected chi connectivity index (χ0v) is 10.2. The fraction of sp³-hybridized carbons (Fsp3) is 0.545. The van der Waals surface area contributed by atoms with Crippen molar-refractivity contribution in [3.63, 3.8) is 0 Å². The standard InChI is InChI=1S/C11H16N2O3S/c14-11-5-1-3-9(11)7-13-17(15,16)10-4-2-6-12-8-10/h2,4,6,8-9,11,13-14H,1,3,5,7H2. The summed E-state index contributed by atoms with van der Waals surface area (Å²) in [6, 6.07) is 3.08. The van der Waals surface area contributed by atoms with Gasteiger partial charge in [-0.25, -0.2) is 13.1 Å². The second kappa shape index (κ2) is 5.12. The van der Waals surface area contributed by atoms with Crippen molar-refractivity contribution in [3.05, 3.63) is 24.5 Å². The summed E-state index contributed by atoms with van der Waals surface area (Å²) in [5.41, 5.74) is 0. The van der Waals surface area contributed by atoms with Crippen LogP contribution in [-0.4, -0.2) is 31.2 Å². The van der Waals surface area contributed by atoms with Crippen LogP contribution in [0.4, 0.5) is 0 Å². The third-order valence-electron chi connectivity index (χ3n) is 3.10. The molecule has 1 aliphatic rings. The van der Waals surface area contributed by atoms with Gasteiger partial charge in [0.1, 0.15) is 4.90 Å². The lowest BCUT2D eigenvalue weighted by molar-refractivity contribution is 0.134. The number of nitrogens with one attached hydrogen (secondary N) is 1. The summed E-state index contributed by atoms with van der Waals surface area (Å²) >= 11 is 0. The van der Waals surface area contributed by atoms with Crippen LogP contribution in [0.15, 0.2) is 29.4 Å². The molecule has 5 nitrogen and oxygen atoms in total. The van der Waals surface area contributed by atoms with Crippen LogP contribution in [0.2, 0.25) is 0 Å². The van der Waals surface area contributed by atoms with Gasteiger partial charge in [0.15, 0.2) is 0 Å². The Hall–Kier alpha value is -0.980. The minimum Gasteiger partial charge on any atom is -0.393 e. The molecule has 1 aromatic heterocycles. The van der Waals surface area contributed by atoms with Crippen LogP contribution < -0.4 is 4.72 Å². The Labute approximate surface area is 101 Å². The van der Waals surface area contributed by atoms with Gasteiger partial charge < -0.3 is 5.11 Å². The third kappa shape index (κ3) is 3.02. The van der Waals surface area contributed by atoms with Crippen molar-refractivity contribution in [1.29, 1.82) is 0 Å². The van der Waals surface area contributed by atoms with E-state index in [-0.39, 0.29) is 16.9 Å². The van der Waals surface area contributed by atoms with Gasteiger partial charge in [0, 0.05) is 18.9 Å². The molecular formula is C11H16N2O3S. The molecule has 94 valence electrons. The Morgan fingerprint density at radius 2 is 2.29 bits per heavy atom. The van der Waals surface area contributed by atoms with E-state index in [1.165, 1.54) is 18.5 Å². The molecule has 0 aromatic carbocycles. The van der Waals surface area contributed by atoms with E-state index in [1.54, 1.807) is 6.07 Å². The van der Waals surface area contributed by atoms with E-state index >= 15 is 0 Å². The second-order valence-corrected chi connectivity index (χ2v) is 6.07. The van der Waals surface area contributed by atoms with Gasteiger partial charge in [-0.05, 0) is 30.9 Å². The first kappa shape index (κ1) is 12.5. The van der Waals surface area contributed by atoms with E-state index in [4.69, 9.17) is 0 Å². The summed E-state index contributed by atoms with van der Waals surface area (Å²) in [7, 11) is -3.49. The summed E-state index contributed by atoms with van der Waals surface area (Å²) in [6.07, 6.45) is 5.05. The first-order chi connectivity index (χ1) is 8.09. The van der Waals surface area contributed by atoms with Crippen LogP contribution in [0.5, 0.6) is 0 Å². The van der Waals surface area contributed by atoms with Gasteiger partial charge in [-0.15, -0.1) is 0 Å². The van der Waals surface area contributed by atoms with E-state index < -0.39 is 10.0 Å². The lowest BCUT2D eigenvalue weighted by Gasteiger charge is -2.15. The number of aliphatic hydroxyl groups is 1. The van der Waals surface area contributed by atoms with E-state index in [1.807, 2.05) is 0 Å². The fourth-order valence-electron chi connectivity index (χ4n) is 2.06. The molecule has 2 unspecified atom stereocenters. The van der Waals surface area contributed by atoms with Crippen LogP contribution in [-0.2, 0) is 10.0 Å². The monoisotopic (exact) mass is 256 g/mol. The second-order valence-electron chi connectivity index (χ2n) is 4.30. The lowest BCUT2D eigenvalue weighted by Crippen LogP contribution is -2.32. The van der Waals surface area contributed by atoms with Crippen LogP contribution in [0, 0.1) is 5.92 Å². The number of aromatic nitrogens is 1. The summed E-state index contributed by atoms with van der Waals surface area (Å²) in [5, 5.41) is 9.61. The van der Waals surface area contributed by atoms with Gasteiger partial charge in [0.05, 0.1) is 6.10 Å². The summed E-state index contributed by atoms with van der Waals surface area (Å²) in [4.78, 5) is 3.94. The van der Waals surface area contributed by atoms with E-state index in [9.17, 15) is 13.5 Å². The molecule has 2 N–H and O–H groups in total. The molecule has 0 spiro atoms. The Morgan fingerprint density at radius 1 is 1.47 bits per heavy atom. The van der Waals surface area contributed by atoms with E-state index in [2.05, 4.69) is 9.71 Å². The number of hydrogen-bond donors (Lipinski definition) is 2. The van der Waals surface area contributed by atoms with Gasteiger partial charge >= 0.3 is 0 Å². The van der Waals surface area contributed by atoms with Crippen LogP contribution >= 0.6 is 0 Å². The maximum Gasteiger partial charge on any atom is 0.242 e. The Bertz CT molecular complexity index is 461. The maximum atomic E-state index is 11.9. The van der Waals surface area contributed by atoms with Crippen LogP contribution in [0.25, 0.3) is 0 Å². The molecule has 1 aliphatic carbocycles. The SMILES string of the molecule is O=S(=O)(NCC1CCCC1O)c1cccnc1. The molecule has 1 saturated carbocycles. The normalized spacial score (nSPS) is 25.0. The molecule has 0 saturated heterocycles. The highest BCUT2D eigenvalue weighted by Gasteiger charge is 2.26. The van der Waals surface area contributed by atoms with Gasteiger partial charge in [-0.2, -0.15) is 0 Å². The fourth-order valence-corrected chi connectivity index (χ4v) is 3.12. The Balaban J connectivity index is 1.99. The highest BCUT2D eigenvalue weighted by Crippen LogP contribution is 2.25. The largest absolute Gasteiger partial charge is 0.393 e. The van der Waals surface area contributed by atoms with Crippen molar-refractivity contribution in [1.82, 2.24) is 9.71 Å². The molecular weight excluding hydrogens is 240 g/mol. The number of rotatable bonds is 4. The topological polar surface area (TPSA) is 79.3 Å². The zero-order chi connectivity index (χ0) is 12.3. The number of sulfonamides is 1. The zero-order valence-electron chi connectivity index (χ0n) is 9.41. The minimum atomic E-state index is -3.49. The number of aliphatic hydroxyl groups excluding tert-OH is 1. The quantitative estimate of drug-likeness (QED) is 0.823. The number of hydrogen-bond acceptors (Lipinski definition) is 4. The Kier molecular flexibility index (Phi) is 3.76. The van der Waals surface area contributed by atoms with Gasteiger partial charge in [-0.3, -0.25) is 4.98 Å². The average molecular weight is 256 g/mol. The lowest BCUT2D eigenvalue weighted by atomic mass is 10.1. The predicted molar refractivity (Wildman–Crippen MR) is 62.8 cm³/mol. The third-order valence-corrected chi connectivity index (χ3v) is 4.51. The number of pyridine rings is 1. The summed E-state index contributed by atoms with van der Waals surface area (Å²) in [6.45, 7) is 0.290.